The van der Waals surface area contributed by atoms with Gasteiger partial charge >= 0.3 is 6.09 Å². The third-order valence-corrected chi connectivity index (χ3v) is 7.05. The summed E-state index contributed by atoms with van der Waals surface area (Å²) in [6.45, 7) is 2.63. The lowest BCUT2D eigenvalue weighted by Crippen LogP contribution is -2.61. The Balaban J connectivity index is 1.25. The Kier molecular flexibility index (Phi) is 6.27. The van der Waals surface area contributed by atoms with E-state index in [4.69, 9.17) is 4.74 Å². The van der Waals surface area contributed by atoms with Crippen LogP contribution in [0.2, 0.25) is 0 Å². The number of anilines is 1. The lowest BCUT2D eigenvalue weighted by Gasteiger charge is -2.39. The summed E-state index contributed by atoms with van der Waals surface area (Å²) in [5.74, 6) is -0.370. The highest BCUT2D eigenvalue weighted by Gasteiger charge is 2.35. The van der Waals surface area contributed by atoms with Gasteiger partial charge in [0, 0.05) is 19.3 Å². The fourth-order valence-electron chi connectivity index (χ4n) is 4.26. The molecule has 34 heavy (non-hydrogen) atoms. The molecule has 178 valence electrons. The quantitative estimate of drug-likeness (QED) is 0.546. The minimum atomic E-state index is -0.427. The van der Waals surface area contributed by atoms with Crippen LogP contribution in [0.1, 0.15) is 54.7 Å². The molecule has 11 heteroatoms. The number of carbonyl (C=O) groups excluding carboxylic acids is 2. The molecule has 3 aromatic heterocycles. The van der Waals surface area contributed by atoms with Crippen molar-refractivity contribution < 1.29 is 18.7 Å². The molecule has 1 aliphatic carbocycles. The molecule has 0 aromatic carbocycles. The standard InChI is InChI=1S/C23H25FN6O3S/c1-13(14-8-15(24)10-25-9-14)26-22-28-18-6-7-34-20(18)19(29-22)21(31)30-11-16(12-30)27-23(32)33-17-4-2-3-5-17/h6-10,13,16-17H,2-5,11-12H2,1H3,(H,27,32)(H,26,28,29). The molecular formula is C23H25FN6O3S. The number of rotatable bonds is 6. The number of hydrogen-bond acceptors (Lipinski definition) is 8. The van der Waals surface area contributed by atoms with Gasteiger partial charge in [-0.25, -0.2) is 19.2 Å². The van der Waals surface area contributed by atoms with Gasteiger partial charge in [-0.2, -0.15) is 0 Å². The molecule has 1 saturated carbocycles. The van der Waals surface area contributed by atoms with Crippen molar-refractivity contribution in [3.05, 3.63) is 47.0 Å². The molecule has 0 bridgehead atoms. The smallest absolute Gasteiger partial charge is 0.407 e. The van der Waals surface area contributed by atoms with Crippen LogP contribution < -0.4 is 10.6 Å². The maximum atomic E-state index is 13.5. The number of halogens is 1. The second kappa shape index (κ2) is 9.49. The molecule has 2 N–H and O–H groups in total. The lowest BCUT2D eigenvalue weighted by atomic mass is 10.1. The van der Waals surface area contributed by atoms with Crippen LogP contribution in [-0.2, 0) is 4.74 Å². The highest BCUT2D eigenvalue weighted by molar-refractivity contribution is 7.17. The van der Waals surface area contributed by atoms with Crippen LogP contribution >= 0.6 is 11.3 Å². The van der Waals surface area contributed by atoms with Gasteiger partial charge in [0.25, 0.3) is 5.91 Å². The number of likely N-dealkylation sites (tertiary alicyclic amines) is 1. The van der Waals surface area contributed by atoms with E-state index in [0.29, 0.717) is 34.6 Å². The molecule has 2 fully saturated rings. The molecule has 1 saturated heterocycles. The van der Waals surface area contributed by atoms with Crippen molar-refractivity contribution in [1.29, 1.82) is 0 Å². The van der Waals surface area contributed by atoms with Gasteiger partial charge in [0.2, 0.25) is 5.95 Å². The molecule has 2 amide bonds. The lowest BCUT2D eigenvalue weighted by molar-refractivity contribution is 0.0512. The molecular weight excluding hydrogens is 459 g/mol. The van der Waals surface area contributed by atoms with E-state index in [1.807, 2.05) is 18.4 Å². The normalized spacial score (nSPS) is 17.4. The number of nitrogens with zero attached hydrogens (tertiary/aromatic N) is 4. The highest BCUT2D eigenvalue weighted by Crippen LogP contribution is 2.27. The van der Waals surface area contributed by atoms with E-state index >= 15 is 0 Å². The monoisotopic (exact) mass is 484 g/mol. The molecule has 1 aliphatic heterocycles. The zero-order valence-electron chi connectivity index (χ0n) is 18.7. The van der Waals surface area contributed by atoms with Gasteiger partial charge in [-0.3, -0.25) is 9.78 Å². The molecule has 2 aliphatic rings. The van der Waals surface area contributed by atoms with Crippen LogP contribution in [0.3, 0.4) is 0 Å². The van der Waals surface area contributed by atoms with Crippen LogP contribution in [0.15, 0.2) is 29.9 Å². The molecule has 0 spiro atoms. The number of carbonyl (C=O) groups is 2. The summed E-state index contributed by atoms with van der Waals surface area (Å²) in [6, 6.07) is 2.77. The first kappa shape index (κ1) is 22.5. The zero-order valence-corrected chi connectivity index (χ0v) is 19.5. The predicted octanol–water partition coefficient (Wildman–Crippen LogP) is 3.89. The summed E-state index contributed by atoms with van der Waals surface area (Å²) in [5.41, 5.74) is 1.60. The number of thiophene rings is 1. The summed E-state index contributed by atoms with van der Waals surface area (Å²) < 4.78 is 19.7. The predicted molar refractivity (Wildman–Crippen MR) is 125 cm³/mol. The van der Waals surface area contributed by atoms with E-state index in [1.54, 1.807) is 11.1 Å². The van der Waals surface area contributed by atoms with Crippen LogP contribution in [0.4, 0.5) is 15.1 Å². The molecule has 0 radical (unpaired) electrons. The van der Waals surface area contributed by atoms with E-state index in [0.717, 1.165) is 31.9 Å². The second-order valence-corrected chi connectivity index (χ2v) is 9.61. The first-order valence-corrected chi connectivity index (χ1v) is 12.2. The van der Waals surface area contributed by atoms with Crippen molar-refractivity contribution in [2.45, 2.75) is 50.8 Å². The van der Waals surface area contributed by atoms with E-state index in [1.165, 1.54) is 17.4 Å². The zero-order chi connectivity index (χ0) is 23.7. The Labute approximate surface area is 199 Å². The third kappa shape index (κ3) is 4.79. The summed E-state index contributed by atoms with van der Waals surface area (Å²) >= 11 is 1.40. The summed E-state index contributed by atoms with van der Waals surface area (Å²) in [6.07, 6.45) is 6.31. The number of pyridine rings is 1. The fourth-order valence-corrected chi connectivity index (χ4v) is 5.07. The number of amides is 2. The average Bonchev–Trinajstić information content (AvgIpc) is 3.47. The minimum absolute atomic E-state index is 0.00224. The Morgan fingerprint density at radius 3 is 2.79 bits per heavy atom. The second-order valence-electron chi connectivity index (χ2n) is 8.70. The van der Waals surface area contributed by atoms with E-state index < -0.39 is 11.9 Å². The van der Waals surface area contributed by atoms with Gasteiger partial charge in [-0.05, 0) is 55.7 Å². The molecule has 4 heterocycles. The van der Waals surface area contributed by atoms with Crippen LogP contribution in [0.5, 0.6) is 0 Å². The number of fused-ring (bicyclic) bond motifs is 1. The fraction of sp³-hybridized carbons (Fsp3) is 0.435. The number of nitrogens with one attached hydrogen (secondary N) is 2. The van der Waals surface area contributed by atoms with Gasteiger partial charge in [-0.1, -0.05) is 0 Å². The Morgan fingerprint density at radius 1 is 1.24 bits per heavy atom. The summed E-state index contributed by atoms with van der Waals surface area (Å²) in [7, 11) is 0. The van der Waals surface area contributed by atoms with E-state index in [9.17, 15) is 14.0 Å². The highest BCUT2D eigenvalue weighted by atomic mass is 32.1. The van der Waals surface area contributed by atoms with Crippen LogP contribution in [-0.4, -0.2) is 57.1 Å². The third-order valence-electron chi connectivity index (χ3n) is 6.14. The Hall–Kier alpha value is -3.34. The SMILES string of the molecule is CC(Nc1nc(C(=O)N2CC(NC(=O)OC3CCCC3)C2)c2sccc2n1)c1cncc(F)c1. The number of aromatic nitrogens is 3. The number of alkyl carbamates (subject to hydrolysis) is 1. The molecule has 1 unspecified atom stereocenters. The topological polar surface area (TPSA) is 109 Å². The number of ether oxygens (including phenoxy) is 1. The Bertz CT molecular complexity index is 1210. The van der Waals surface area contributed by atoms with Gasteiger partial charge in [0.15, 0.2) is 5.69 Å². The molecule has 5 rings (SSSR count). The van der Waals surface area contributed by atoms with Crippen molar-refractivity contribution in [3.8, 4) is 0 Å². The number of hydrogen-bond donors (Lipinski definition) is 2. The van der Waals surface area contributed by atoms with Crippen molar-refractivity contribution >= 4 is 39.5 Å². The maximum Gasteiger partial charge on any atom is 0.407 e. The molecule has 9 nitrogen and oxygen atoms in total. The van der Waals surface area contributed by atoms with Crippen molar-refractivity contribution in [3.63, 3.8) is 0 Å². The van der Waals surface area contributed by atoms with Gasteiger partial charge in [-0.15, -0.1) is 11.3 Å². The van der Waals surface area contributed by atoms with Crippen molar-refractivity contribution in [2.75, 3.05) is 18.4 Å². The Morgan fingerprint density at radius 2 is 2.03 bits per heavy atom. The minimum Gasteiger partial charge on any atom is -0.446 e. The summed E-state index contributed by atoms with van der Waals surface area (Å²) in [5, 5.41) is 7.84. The van der Waals surface area contributed by atoms with E-state index in [-0.39, 0.29) is 30.0 Å². The maximum absolute atomic E-state index is 13.5. The van der Waals surface area contributed by atoms with Crippen molar-refractivity contribution in [2.24, 2.45) is 0 Å². The molecule has 1 atom stereocenters. The van der Waals surface area contributed by atoms with Crippen molar-refractivity contribution in [1.82, 2.24) is 25.2 Å². The first-order chi connectivity index (χ1) is 16.5. The van der Waals surface area contributed by atoms with Gasteiger partial charge in [0.1, 0.15) is 11.9 Å². The largest absolute Gasteiger partial charge is 0.446 e. The molecule has 3 aromatic rings. The van der Waals surface area contributed by atoms with Gasteiger partial charge in [0.05, 0.1) is 28.5 Å². The summed E-state index contributed by atoms with van der Waals surface area (Å²) in [4.78, 5) is 39.8. The van der Waals surface area contributed by atoms with E-state index in [2.05, 4.69) is 25.6 Å². The van der Waals surface area contributed by atoms with Crippen LogP contribution in [0.25, 0.3) is 10.2 Å². The van der Waals surface area contributed by atoms with Crippen LogP contribution in [0, 0.1) is 5.82 Å². The first-order valence-electron chi connectivity index (χ1n) is 11.3. The van der Waals surface area contributed by atoms with Gasteiger partial charge < -0.3 is 20.3 Å². The average molecular weight is 485 g/mol.